The first kappa shape index (κ1) is 54.3. The van der Waals surface area contributed by atoms with Crippen LogP contribution in [0.25, 0.3) is 5.65 Å². The fourth-order valence-electron chi connectivity index (χ4n) is 9.80. The van der Waals surface area contributed by atoms with E-state index in [2.05, 4.69) is 42.6 Å². The van der Waals surface area contributed by atoms with E-state index >= 15 is 0 Å². The first-order chi connectivity index (χ1) is 34.9. The van der Waals surface area contributed by atoms with E-state index in [1.165, 1.54) is 22.1 Å². The van der Waals surface area contributed by atoms with Gasteiger partial charge in [-0.1, -0.05) is 50.0 Å². The Hall–Kier alpha value is -6.44. The maximum atomic E-state index is 14.4. The predicted octanol–water partition coefficient (Wildman–Crippen LogP) is 2.21. The highest BCUT2D eigenvalue weighted by molar-refractivity contribution is 7.39. The number of alkyl halides is 2. The normalized spacial score (nSPS) is 20.7. The minimum atomic E-state index is -4.05. The molecule has 4 aliphatic heterocycles. The molecule has 7 rings (SSSR count). The topological polar surface area (TPSA) is 287 Å². The molecule has 3 aromatic rings. The van der Waals surface area contributed by atoms with Crippen LogP contribution < -0.4 is 27.0 Å². The van der Waals surface area contributed by atoms with Crippen LogP contribution in [-0.2, 0) is 45.9 Å². The summed E-state index contributed by atoms with van der Waals surface area (Å²) in [6.07, 6.45) is 6.64. The van der Waals surface area contributed by atoms with E-state index in [-0.39, 0.29) is 68.0 Å². The van der Waals surface area contributed by atoms with Crippen LogP contribution in [0.2, 0.25) is 0 Å². The van der Waals surface area contributed by atoms with Crippen molar-refractivity contribution >= 4 is 61.5 Å². The SMILES string of the molecule is CN1CC[C@H]2CC[C@@H](C(=O)N[C@@H](CCC(N)=O)C(=O)NCCCCCCCCCC#Cc3cccc4c3CN(C3CCC(=O)NC3=O)C4=O)N2C(=O)[C@@H](NC(=O)c2cn3cc(C(F)(F)OP(O)O)ccc3n2)C1. The molecule has 2 aromatic heterocycles. The monoisotopic (exact) mass is 1030 g/mol. The summed E-state index contributed by atoms with van der Waals surface area (Å²) >= 11 is 0. The van der Waals surface area contributed by atoms with Gasteiger partial charge >= 0.3 is 14.7 Å². The largest absolute Gasteiger partial charge is 0.391 e. The maximum absolute atomic E-state index is 14.4. The molecule has 392 valence electrons. The summed E-state index contributed by atoms with van der Waals surface area (Å²) < 4.78 is 33.9. The fraction of sp³-hybridized carbons (Fsp3) is 0.531. The molecule has 0 saturated carbocycles. The molecule has 24 heteroatoms. The number of amides is 8. The van der Waals surface area contributed by atoms with E-state index in [0.29, 0.717) is 50.8 Å². The van der Waals surface area contributed by atoms with Crippen molar-refractivity contribution in [3.8, 4) is 11.8 Å². The number of nitrogens with zero attached hydrogens (tertiary/aromatic N) is 5. The lowest BCUT2D eigenvalue weighted by atomic mass is 10.0. The van der Waals surface area contributed by atoms with Gasteiger partial charge in [0.05, 0.1) is 5.56 Å². The molecule has 3 saturated heterocycles. The Morgan fingerprint density at radius 3 is 2.48 bits per heavy atom. The van der Waals surface area contributed by atoms with Crippen molar-refractivity contribution in [2.45, 2.75) is 139 Å². The van der Waals surface area contributed by atoms with Crippen molar-refractivity contribution in [3.63, 3.8) is 0 Å². The summed E-state index contributed by atoms with van der Waals surface area (Å²) in [5, 5.41) is 10.6. The third-order valence-corrected chi connectivity index (χ3v) is 14.0. The minimum Gasteiger partial charge on any atom is -0.370 e. The lowest BCUT2D eigenvalue weighted by Crippen LogP contribution is -2.61. The molecule has 21 nitrogen and oxygen atoms in total. The number of piperidine rings is 1. The van der Waals surface area contributed by atoms with Crippen LogP contribution in [0.15, 0.2) is 42.7 Å². The second kappa shape index (κ2) is 24.5. The number of carbonyl (C=O) groups excluding carboxylic acids is 8. The molecule has 1 unspecified atom stereocenters. The van der Waals surface area contributed by atoms with Crippen LogP contribution in [0, 0.1) is 11.8 Å². The number of rotatable bonds is 21. The van der Waals surface area contributed by atoms with E-state index in [1.807, 2.05) is 11.0 Å². The molecule has 5 atom stereocenters. The van der Waals surface area contributed by atoms with Crippen LogP contribution in [0.5, 0.6) is 0 Å². The van der Waals surface area contributed by atoms with Gasteiger partial charge in [-0.3, -0.25) is 43.7 Å². The van der Waals surface area contributed by atoms with E-state index in [9.17, 15) is 47.1 Å². The smallest absolute Gasteiger partial charge is 0.370 e. The molecular formula is C49H61F2N10O11P. The number of unbranched alkanes of at least 4 members (excludes halogenated alkanes) is 7. The van der Waals surface area contributed by atoms with E-state index in [1.54, 1.807) is 19.2 Å². The Bertz CT molecular complexity index is 2660. The summed E-state index contributed by atoms with van der Waals surface area (Å²) in [6.45, 7) is 1.22. The number of imide groups is 1. The molecule has 0 aliphatic carbocycles. The Balaban J connectivity index is 0.845. The molecule has 0 bridgehead atoms. The summed E-state index contributed by atoms with van der Waals surface area (Å²) in [4.78, 5) is 131. The highest BCUT2D eigenvalue weighted by Crippen LogP contribution is 2.41. The molecule has 6 heterocycles. The summed E-state index contributed by atoms with van der Waals surface area (Å²) in [5.74, 6) is 2.36. The third-order valence-electron chi connectivity index (χ3n) is 13.6. The Morgan fingerprint density at radius 2 is 1.74 bits per heavy atom. The van der Waals surface area contributed by atoms with Crippen LogP contribution in [0.1, 0.15) is 134 Å². The van der Waals surface area contributed by atoms with E-state index in [0.717, 1.165) is 66.3 Å². The van der Waals surface area contributed by atoms with Gasteiger partial charge in [0.15, 0.2) is 0 Å². The van der Waals surface area contributed by atoms with E-state index in [4.69, 9.17) is 15.5 Å². The number of hydrogen-bond acceptors (Lipinski definition) is 13. The lowest BCUT2D eigenvalue weighted by Gasteiger charge is -2.37. The number of imidazole rings is 1. The Kier molecular flexibility index (Phi) is 18.3. The molecule has 4 aliphatic rings. The van der Waals surface area contributed by atoms with Crippen LogP contribution >= 0.6 is 8.60 Å². The number of halogens is 2. The molecule has 3 fully saturated rings. The molecule has 0 spiro atoms. The number of benzene rings is 1. The number of primary amides is 1. The quantitative estimate of drug-likeness (QED) is 0.0349. The molecular weight excluding hydrogens is 974 g/mol. The standard InChI is InChI=1S/C49H61F2N10O11P/c1-58-25-23-32-16-18-39(61(32)48(69)37(28-58)56-44(65)36-29-59-26-31(15-21-41(59)54-36)49(50,51)72-73(70)71)46(67)55-35(17-20-40(52)62)43(64)53-24-10-8-6-4-2-3-5-7-9-12-30-13-11-14-33-34(30)27-60(47(33)68)38-19-22-42(63)57-45(38)66/h11,13-15,21,26,29,32,35,37-39,70-71H,2-8,10,16-20,22-25,27-28H2,1H3,(H2,52,62)(H,53,64)(H,55,67)(H,56,65)(H,57,63,66)/t32-,35+,37+,38?,39+/m1/s1. The second-order valence-electron chi connectivity index (χ2n) is 18.9. The van der Waals surface area contributed by atoms with Gasteiger partial charge in [-0.15, -0.1) is 0 Å². The first-order valence-electron chi connectivity index (χ1n) is 24.6. The van der Waals surface area contributed by atoms with Crippen molar-refractivity contribution in [2.75, 3.05) is 26.7 Å². The lowest BCUT2D eigenvalue weighted by molar-refractivity contribution is -0.190. The van der Waals surface area contributed by atoms with E-state index < -0.39 is 79.9 Å². The number of fused-ring (bicyclic) bond motifs is 3. The number of likely N-dealkylation sites (N-methyl/N-ethyl adjacent to an activating group) is 1. The molecule has 1 aromatic carbocycles. The average molecular weight is 1040 g/mol. The maximum Gasteiger partial charge on any atom is 0.391 e. The second-order valence-corrected chi connectivity index (χ2v) is 19.5. The van der Waals surface area contributed by atoms with Gasteiger partial charge in [0.1, 0.15) is 35.5 Å². The minimum absolute atomic E-state index is 0.0589. The van der Waals surface area contributed by atoms with Crippen LogP contribution in [0.3, 0.4) is 0 Å². The number of nitrogens with two attached hydrogens (primary N) is 1. The van der Waals surface area contributed by atoms with Gasteiger partial charge < -0.3 is 50.6 Å². The van der Waals surface area contributed by atoms with Gasteiger partial charge in [0.2, 0.25) is 35.4 Å². The molecule has 8 amide bonds. The van der Waals surface area contributed by atoms with Gasteiger partial charge in [0.25, 0.3) is 11.8 Å². The number of carbonyl (C=O) groups is 8. The van der Waals surface area contributed by atoms with Gasteiger partial charge in [-0.2, -0.15) is 8.78 Å². The van der Waals surface area contributed by atoms with Crippen molar-refractivity contribution < 1.29 is 61.4 Å². The summed E-state index contributed by atoms with van der Waals surface area (Å²) in [7, 11) is -1.59. The van der Waals surface area contributed by atoms with Crippen molar-refractivity contribution in [3.05, 3.63) is 70.7 Å². The highest BCUT2D eigenvalue weighted by Gasteiger charge is 2.46. The number of pyridine rings is 1. The zero-order chi connectivity index (χ0) is 52.4. The van der Waals surface area contributed by atoms with Crippen molar-refractivity contribution in [1.29, 1.82) is 0 Å². The number of hydrogen-bond donors (Lipinski definition) is 7. The number of aromatic nitrogens is 2. The number of nitrogens with one attached hydrogen (secondary N) is 4. The fourth-order valence-corrected chi connectivity index (χ4v) is 10.1. The predicted molar refractivity (Wildman–Crippen MR) is 258 cm³/mol. The molecule has 73 heavy (non-hydrogen) atoms. The zero-order valence-corrected chi connectivity index (χ0v) is 41.3. The van der Waals surface area contributed by atoms with Gasteiger partial charge in [-0.25, -0.2) is 9.51 Å². The van der Waals surface area contributed by atoms with Crippen molar-refractivity contribution in [2.24, 2.45) is 5.73 Å². The van der Waals surface area contributed by atoms with Crippen molar-refractivity contribution in [1.82, 2.24) is 45.4 Å². The van der Waals surface area contributed by atoms with Gasteiger partial charge in [-0.05, 0) is 88.4 Å². The molecule has 0 radical (unpaired) electrons. The first-order valence-corrected chi connectivity index (χ1v) is 25.7. The zero-order valence-electron chi connectivity index (χ0n) is 40.4. The average Bonchev–Trinajstić information content (AvgIpc) is 4.06. The van der Waals surface area contributed by atoms with Crippen LogP contribution in [0.4, 0.5) is 8.78 Å². The molecule has 8 N–H and O–H groups in total. The summed E-state index contributed by atoms with van der Waals surface area (Å²) in [6, 6.07) is 3.26. The van der Waals surface area contributed by atoms with Crippen LogP contribution in [-0.4, -0.2) is 138 Å². The third kappa shape index (κ3) is 13.8. The summed E-state index contributed by atoms with van der Waals surface area (Å²) in [5.41, 5.74) is 6.68. The Labute approximate surface area is 421 Å². The Morgan fingerprint density at radius 1 is 0.986 bits per heavy atom. The van der Waals surface area contributed by atoms with Gasteiger partial charge in [0, 0.05) is 68.5 Å². The highest BCUT2D eigenvalue weighted by atomic mass is 31.2.